The lowest BCUT2D eigenvalue weighted by molar-refractivity contribution is -0.120. The minimum Gasteiger partial charge on any atom is -0.324 e. The van der Waals surface area contributed by atoms with Crippen LogP contribution in [0, 0.1) is 6.92 Å². The summed E-state index contributed by atoms with van der Waals surface area (Å²) in [4.78, 5) is 27.9. The van der Waals surface area contributed by atoms with Gasteiger partial charge in [0.05, 0.1) is 0 Å². The Morgan fingerprint density at radius 3 is 2.52 bits per heavy atom. The van der Waals surface area contributed by atoms with Crippen LogP contribution in [-0.2, 0) is 17.8 Å². The van der Waals surface area contributed by atoms with Crippen molar-refractivity contribution in [3.05, 3.63) is 100 Å². The molecule has 1 heterocycles. The van der Waals surface area contributed by atoms with Crippen molar-refractivity contribution < 1.29 is 9.59 Å². The summed E-state index contributed by atoms with van der Waals surface area (Å²) in [5, 5.41) is 3.53. The summed E-state index contributed by atoms with van der Waals surface area (Å²) in [6.07, 6.45) is 0.437. The summed E-state index contributed by atoms with van der Waals surface area (Å²) in [5.41, 5.74) is 4.17. The highest BCUT2D eigenvalue weighted by molar-refractivity contribution is 6.31. The predicted octanol–water partition coefficient (Wildman–Crippen LogP) is 4.85. The molecule has 1 N–H and O–H groups in total. The number of nitrogens with zero attached hydrogens (tertiary/aromatic N) is 1. The number of carbonyl (C=O) groups is 2. The normalized spacial score (nSPS) is 13.9. The number of carbonyl (C=O) groups excluding carboxylic acids is 2. The zero-order chi connectivity index (χ0) is 20.4. The molecule has 1 aliphatic rings. The third-order valence-corrected chi connectivity index (χ3v) is 5.65. The van der Waals surface area contributed by atoms with Gasteiger partial charge in [0.1, 0.15) is 6.04 Å². The lowest BCUT2D eigenvalue weighted by Crippen LogP contribution is -2.45. The molecular formula is C24H21ClN2O2. The van der Waals surface area contributed by atoms with Gasteiger partial charge in [-0.05, 0) is 41.8 Å². The summed E-state index contributed by atoms with van der Waals surface area (Å²) in [6, 6.07) is 22.0. The smallest absolute Gasteiger partial charge is 0.255 e. The molecule has 4 rings (SSSR count). The molecule has 2 amide bonds. The third-order valence-electron chi connectivity index (χ3n) is 5.24. The molecule has 0 bridgehead atoms. The van der Waals surface area contributed by atoms with E-state index in [1.165, 1.54) is 0 Å². The third kappa shape index (κ3) is 4.03. The fourth-order valence-corrected chi connectivity index (χ4v) is 3.79. The van der Waals surface area contributed by atoms with Crippen molar-refractivity contribution in [2.24, 2.45) is 0 Å². The summed E-state index contributed by atoms with van der Waals surface area (Å²) < 4.78 is 0. The molecule has 0 unspecified atom stereocenters. The van der Waals surface area contributed by atoms with Crippen LogP contribution in [0.1, 0.15) is 27.0 Å². The second-order valence-corrected chi connectivity index (χ2v) is 7.66. The number of rotatable bonds is 5. The van der Waals surface area contributed by atoms with E-state index in [4.69, 9.17) is 11.6 Å². The van der Waals surface area contributed by atoms with Gasteiger partial charge in [-0.3, -0.25) is 9.59 Å². The van der Waals surface area contributed by atoms with E-state index in [9.17, 15) is 9.59 Å². The van der Waals surface area contributed by atoms with E-state index in [1.54, 1.807) is 11.0 Å². The van der Waals surface area contributed by atoms with Crippen LogP contribution < -0.4 is 5.32 Å². The highest BCUT2D eigenvalue weighted by atomic mass is 35.5. The van der Waals surface area contributed by atoms with Crippen molar-refractivity contribution in [1.82, 2.24) is 4.90 Å². The molecule has 0 aromatic heterocycles. The second kappa shape index (κ2) is 8.10. The van der Waals surface area contributed by atoms with Gasteiger partial charge in [-0.2, -0.15) is 0 Å². The Morgan fingerprint density at radius 1 is 1.07 bits per heavy atom. The van der Waals surface area contributed by atoms with E-state index in [2.05, 4.69) is 5.32 Å². The Morgan fingerprint density at radius 2 is 1.79 bits per heavy atom. The number of nitrogens with one attached hydrogen (secondary N) is 1. The number of benzene rings is 3. The molecule has 1 atom stereocenters. The average Bonchev–Trinajstić information content (AvgIpc) is 3.06. The number of halogens is 1. The van der Waals surface area contributed by atoms with Crippen molar-refractivity contribution in [2.45, 2.75) is 25.9 Å². The van der Waals surface area contributed by atoms with Gasteiger partial charge in [-0.25, -0.2) is 0 Å². The first-order valence-corrected chi connectivity index (χ1v) is 9.90. The highest BCUT2D eigenvalue weighted by Gasteiger charge is 2.36. The van der Waals surface area contributed by atoms with Crippen molar-refractivity contribution >= 4 is 29.1 Å². The van der Waals surface area contributed by atoms with Gasteiger partial charge < -0.3 is 10.2 Å². The van der Waals surface area contributed by atoms with E-state index in [-0.39, 0.29) is 11.8 Å². The zero-order valence-electron chi connectivity index (χ0n) is 16.1. The van der Waals surface area contributed by atoms with Crippen LogP contribution in [0.5, 0.6) is 0 Å². The van der Waals surface area contributed by atoms with Crippen LogP contribution in [0.3, 0.4) is 0 Å². The van der Waals surface area contributed by atoms with Crippen molar-refractivity contribution in [3.63, 3.8) is 0 Å². The Bertz CT molecular complexity index is 1070. The molecule has 3 aromatic rings. The molecular weight excluding hydrogens is 384 g/mol. The van der Waals surface area contributed by atoms with Crippen LogP contribution in [-0.4, -0.2) is 22.8 Å². The van der Waals surface area contributed by atoms with Crippen LogP contribution in [0.2, 0.25) is 5.02 Å². The summed E-state index contributed by atoms with van der Waals surface area (Å²) >= 11 is 6.20. The fourth-order valence-electron chi connectivity index (χ4n) is 3.61. The average molecular weight is 405 g/mol. The Balaban J connectivity index is 1.62. The molecule has 0 spiro atoms. The number of aryl methyl sites for hydroxylation is 1. The first-order valence-electron chi connectivity index (χ1n) is 9.53. The summed E-state index contributed by atoms with van der Waals surface area (Å²) in [6.45, 7) is 2.33. The van der Waals surface area contributed by atoms with Crippen molar-refractivity contribution in [1.29, 1.82) is 0 Å². The molecule has 146 valence electrons. The Kier molecular flexibility index (Phi) is 5.36. The lowest BCUT2D eigenvalue weighted by atomic mass is 10.0. The molecule has 29 heavy (non-hydrogen) atoms. The quantitative estimate of drug-likeness (QED) is 0.660. The molecule has 1 aliphatic heterocycles. The van der Waals surface area contributed by atoms with Gasteiger partial charge in [-0.1, -0.05) is 66.2 Å². The van der Waals surface area contributed by atoms with E-state index in [0.29, 0.717) is 29.2 Å². The van der Waals surface area contributed by atoms with Crippen LogP contribution in [0.15, 0.2) is 72.8 Å². The number of hydrogen-bond donors (Lipinski definition) is 1. The van der Waals surface area contributed by atoms with E-state index in [0.717, 1.165) is 16.7 Å². The topological polar surface area (TPSA) is 49.4 Å². The van der Waals surface area contributed by atoms with Crippen LogP contribution >= 0.6 is 11.6 Å². The first-order chi connectivity index (χ1) is 14.0. The van der Waals surface area contributed by atoms with E-state index < -0.39 is 6.04 Å². The predicted molar refractivity (Wildman–Crippen MR) is 115 cm³/mol. The minimum absolute atomic E-state index is 0.112. The van der Waals surface area contributed by atoms with Gasteiger partial charge in [0, 0.05) is 29.2 Å². The maximum Gasteiger partial charge on any atom is 0.255 e. The Labute approximate surface area is 175 Å². The number of anilines is 1. The molecule has 0 radical (unpaired) electrons. The molecule has 0 fully saturated rings. The lowest BCUT2D eigenvalue weighted by Gasteiger charge is -2.27. The molecule has 5 heteroatoms. The SMILES string of the molecule is Cc1ccc(NC(=O)[C@@H](Cc2ccccc2)N2Cc3ccccc3C2=O)cc1Cl. The fraction of sp³-hybridized carbons (Fsp3) is 0.167. The summed E-state index contributed by atoms with van der Waals surface area (Å²) in [7, 11) is 0. The van der Waals surface area contributed by atoms with Gasteiger partial charge in [0.25, 0.3) is 5.91 Å². The van der Waals surface area contributed by atoms with E-state index >= 15 is 0 Å². The van der Waals surface area contributed by atoms with Gasteiger partial charge in [-0.15, -0.1) is 0 Å². The van der Waals surface area contributed by atoms with Gasteiger partial charge in [0.2, 0.25) is 5.91 Å². The first kappa shape index (κ1) is 19.2. The molecule has 0 aliphatic carbocycles. The van der Waals surface area contributed by atoms with Gasteiger partial charge >= 0.3 is 0 Å². The minimum atomic E-state index is -0.627. The van der Waals surface area contributed by atoms with Crippen molar-refractivity contribution in [2.75, 3.05) is 5.32 Å². The number of fused-ring (bicyclic) bond motifs is 1. The summed E-state index contributed by atoms with van der Waals surface area (Å²) in [5.74, 6) is -0.339. The largest absolute Gasteiger partial charge is 0.324 e. The van der Waals surface area contributed by atoms with Gasteiger partial charge in [0.15, 0.2) is 0 Å². The maximum atomic E-state index is 13.2. The van der Waals surface area contributed by atoms with Crippen molar-refractivity contribution in [3.8, 4) is 0 Å². The second-order valence-electron chi connectivity index (χ2n) is 7.25. The monoisotopic (exact) mass is 404 g/mol. The molecule has 3 aromatic carbocycles. The number of amides is 2. The molecule has 4 nitrogen and oxygen atoms in total. The Hall–Kier alpha value is -3.11. The van der Waals surface area contributed by atoms with Crippen LogP contribution in [0.4, 0.5) is 5.69 Å². The molecule has 0 saturated heterocycles. The maximum absolute atomic E-state index is 13.2. The van der Waals surface area contributed by atoms with Crippen LogP contribution in [0.25, 0.3) is 0 Å². The highest BCUT2D eigenvalue weighted by Crippen LogP contribution is 2.27. The standard InChI is InChI=1S/C24H21ClN2O2/c1-16-11-12-19(14-21(16)25)26-23(28)22(13-17-7-3-2-4-8-17)27-15-18-9-5-6-10-20(18)24(27)29/h2-12,14,22H,13,15H2,1H3,(H,26,28)/t22-/m1/s1. The zero-order valence-corrected chi connectivity index (χ0v) is 16.8. The van der Waals surface area contributed by atoms with E-state index in [1.807, 2.05) is 73.7 Å². The molecule has 0 saturated carbocycles. The number of hydrogen-bond acceptors (Lipinski definition) is 2.